The number of aryl methyl sites for hydroxylation is 4. The quantitative estimate of drug-likeness (QED) is 0.250. The Bertz CT molecular complexity index is 1220. The molecule has 0 atom stereocenters. The standard InChI is InChI=1S/C28H46N10O2/c1-10-15-30-28(32-26(40)24-19-22(7)34-38(24)12-3)36(20(4)5)17-14-13-16-35(9)27(29-8)31-25(39)23-18-21(6)33-37(23)11-2/h10,15,18-20H,11-14,16-17H2,1-9H3,(H,29,31,39)(H,30,32,40)/b15-10+. The summed E-state index contributed by atoms with van der Waals surface area (Å²) in [5, 5.41) is 14.7. The summed E-state index contributed by atoms with van der Waals surface area (Å²) in [7, 11) is 3.57. The van der Waals surface area contributed by atoms with Crippen molar-refractivity contribution in [3.63, 3.8) is 0 Å². The molecule has 220 valence electrons. The van der Waals surface area contributed by atoms with Gasteiger partial charge in [-0.05, 0) is 73.4 Å². The Morgan fingerprint density at radius 1 is 0.950 bits per heavy atom. The molecule has 2 aromatic heterocycles. The third-order valence-corrected chi connectivity index (χ3v) is 6.28. The van der Waals surface area contributed by atoms with Gasteiger partial charge in [-0.15, -0.1) is 0 Å². The maximum absolute atomic E-state index is 13.1. The number of amides is 2. The highest BCUT2D eigenvalue weighted by Crippen LogP contribution is 2.08. The van der Waals surface area contributed by atoms with Crippen molar-refractivity contribution in [3.8, 4) is 0 Å². The first-order chi connectivity index (χ1) is 19.1. The highest BCUT2D eigenvalue weighted by molar-refractivity contribution is 6.05. The Kier molecular flexibility index (Phi) is 12.6. The van der Waals surface area contributed by atoms with Gasteiger partial charge in [0.25, 0.3) is 11.8 Å². The SMILES string of the molecule is C/C=C/N=C(NC(=O)c1cc(C)nn1CC)N(CCCCN(C)C(=NC)NC(=O)c1cc(C)nn1CC)C(C)C. The molecule has 0 aromatic carbocycles. The fraction of sp³-hybridized carbons (Fsp3) is 0.571. The van der Waals surface area contributed by atoms with Crippen LogP contribution in [0.1, 0.15) is 79.8 Å². The fourth-order valence-electron chi connectivity index (χ4n) is 4.26. The first-order valence-electron chi connectivity index (χ1n) is 13.9. The van der Waals surface area contributed by atoms with Gasteiger partial charge < -0.3 is 9.80 Å². The van der Waals surface area contributed by atoms with E-state index in [-0.39, 0.29) is 17.9 Å². The molecule has 2 heterocycles. The number of nitrogens with zero attached hydrogens (tertiary/aromatic N) is 8. The number of aliphatic imine (C=N–C) groups is 2. The van der Waals surface area contributed by atoms with Gasteiger partial charge in [-0.2, -0.15) is 10.2 Å². The lowest BCUT2D eigenvalue weighted by Crippen LogP contribution is -2.48. The Morgan fingerprint density at radius 2 is 1.45 bits per heavy atom. The molecule has 40 heavy (non-hydrogen) atoms. The van der Waals surface area contributed by atoms with Crippen LogP contribution < -0.4 is 10.6 Å². The van der Waals surface area contributed by atoms with E-state index in [1.54, 1.807) is 34.7 Å². The molecule has 0 radical (unpaired) electrons. The molecule has 0 fully saturated rings. The van der Waals surface area contributed by atoms with Crippen LogP contribution in [0.2, 0.25) is 0 Å². The van der Waals surface area contributed by atoms with Crippen molar-refractivity contribution in [2.24, 2.45) is 9.98 Å². The number of unbranched alkanes of at least 4 members (excludes halogenated alkanes) is 1. The van der Waals surface area contributed by atoms with Crippen molar-refractivity contribution >= 4 is 23.7 Å². The molecule has 0 bridgehead atoms. The summed E-state index contributed by atoms with van der Waals surface area (Å²) in [6.07, 6.45) is 5.19. The lowest BCUT2D eigenvalue weighted by molar-refractivity contribution is 0.0952. The molecule has 0 aliphatic heterocycles. The minimum atomic E-state index is -0.241. The van der Waals surface area contributed by atoms with E-state index in [0.29, 0.717) is 49.5 Å². The number of guanidine groups is 2. The van der Waals surface area contributed by atoms with Crippen LogP contribution in [0.5, 0.6) is 0 Å². The average Bonchev–Trinajstić information content (AvgIpc) is 3.50. The van der Waals surface area contributed by atoms with Gasteiger partial charge in [0.2, 0.25) is 5.96 Å². The first-order valence-corrected chi connectivity index (χ1v) is 13.9. The molecule has 0 unspecified atom stereocenters. The normalized spacial score (nSPS) is 12.3. The molecule has 0 aliphatic rings. The Balaban J connectivity index is 2.02. The van der Waals surface area contributed by atoms with E-state index in [4.69, 9.17) is 0 Å². The lowest BCUT2D eigenvalue weighted by atomic mass is 10.2. The number of hydrogen-bond acceptors (Lipinski definition) is 6. The van der Waals surface area contributed by atoms with Crippen molar-refractivity contribution < 1.29 is 9.59 Å². The maximum Gasteiger partial charge on any atom is 0.276 e. The Hall–Kier alpha value is -3.96. The van der Waals surface area contributed by atoms with Crippen LogP contribution >= 0.6 is 0 Å². The predicted molar refractivity (Wildman–Crippen MR) is 160 cm³/mol. The second kappa shape index (κ2) is 15.6. The van der Waals surface area contributed by atoms with Crippen LogP contribution in [0.15, 0.2) is 34.4 Å². The highest BCUT2D eigenvalue weighted by atomic mass is 16.2. The summed E-state index contributed by atoms with van der Waals surface area (Å²) in [4.78, 5) is 38.8. The molecular weight excluding hydrogens is 508 g/mol. The Morgan fingerprint density at radius 3 is 1.90 bits per heavy atom. The molecule has 2 aromatic rings. The maximum atomic E-state index is 13.1. The van der Waals surface area contributed by atoms with Crippen LogP contribution in [-0.4, -0.2) is 86.3 Å². The third-order valence-electron chi connectivity index (χ3n) is 6.28. The number of carbonyl (C=O) groups is 2. The molecule has 12 heteroatoms. The minimum absolute atomic E-state index is 0.110. The van der Waals surface area contributed by atoms with E-state index in [0.717, 1.165) is 24.2 Å². The molecule has 0 spiro atoms. The zero-order valence-electron chi connectivity index (χ0n) is 25.5. The van der Waals surface area contributed by atoms with Gasteiger partial charge in [0.1, 0.15) is 11.4 Å². The molecule has 2 N–H and O–H groups in total. The number of hydrogen-bond donors (Lipinski definition) is 2. The summed E-state index contributed by atoms with van der Waals surface area (Å²) in [6, 6.07) is 3.67. The van der Waals surface area contributed by atoms with Gasteiger partial charge in [0.15, 0.2) is 5.96 Å². The number of rotatable bonds is 11. The van der Waals surface area contributed by atoms with Crippen molar-refractivity contribution in [1.82, 2.24) is 40.0 Å². The van der Waals surface area contributed by atoms with Gasteiger partial charge in [-0.25, -0.2) is 4.99 Å². The van der Waals surface area contributed by atoms with Crippen LogP contribution in [0.3, 0.4) is 0 Å². The molecule has 0 aliphatic carbocycles. The van der Waals surface area contributed by atoms with E-state index in [9.17, 15) is 9.59 Å². The second-order valence-corrected chi connectivity index (χ2v) is 9.78. The van der Waals surface area contributed by atoms with Crippen molar-refractivity contribution in [2.45, 2.75) is 80.4 Å². The fourth-order valence-corrected chi connectivity index (χ4v) is 4.26. The molecule has 12 nitrogen and oxygen atoms in total. The van der Waals surface area contributed by atoms with Gasteiger partial charge in [-0.3, -0.25) is 34.6 Å². The number of aromatic nitrogens is 4. The van der Waals surface area contributed by atoms with E-state index in [2.05, 4.69) is 49.6 Å². The smallest absolute Gasteiger partial charge is 0.276 e. The average molecular weight is 555 g/mol. The Labute approximate surface area is 238 Å². The van der Waals surface area contributed by atoms with Crippen molar-refractivity contribution in [1.29, 1.82) is 0 Å². The summed E-state index contributed by atoms with van der Waals surface area (Å²) in [5.41, 5.74) is 2.60. The summed E-state index contributed by atoms with van der Waals surface area (Å²) < 4.78 is 3.37. The van der Waals surface area contributed by atoms with Gasteiger partial charge in [0.05, 0.1) is 11.4 Å². The second-order valence-electron chi connectivity index (χ2n) is 9.78. The lowest BCUT2D eigenvalue weighted by Gasteiger charge is -2.30. The highest BCUT2D eigenvalue weighted by Gasteiger charge is 2.21. The van der Waals surface area contributed by atoms with Crippen LogP contribution in [0.4, 0.5) is 0 Å². The molecule has 2 rings (SSSR count). The predicted octanol–water partition coefficient (Wildman–Crippen LogP) is 3.19. The zero-order valence-corrected chi connectivity index (χ0v) is 25.5. The van der Waals surface area contributed by atoms with E-state index in [1.807, 2.05) is 52.6 Å². The summed E-state index contributed by atoms with van der Waals surface area (Å²) in [5.74, 6) is 0.521. The minimum Gasteiger partial charge on any atom is -0.346 e. The van der Waals surface area contributed by atoms with E-state index < -0.39 is 0 Å². The number of carbonyl (C=O) groups excluding carboxylic acids is 2. The summed E-state index contributed by atoms with van der Waals surface area (Å²) in [6.45, 7) is 16.3. The monoisotopic (exact) mass is 554 g/mol. The number of nitrogens with one attached hydrogen (secondary N) is 2. The van der Waals surface area contributed by atoms with Gasteiger partial charge in [-0.1, -0.05) is 6.08 Å². The summed E-state index contributed by atoms with van der Waals surface area (Å²) >= 11 is 0. The molecule has 0 saturated carbocycles. The van der Waals surface area contributed by atoms with Crippen molar-refractivity contribution in [2.75, 3.05) is 27.2 Å². The topological polar surface area (TPSA) is 125 Å². The van der Waals surface area contributed by atoms with Crippen LogP contribution in [-0.2, 0) is 13.1 Å². The van der Waals surface area contributed by atoms with Gasteiger partial charge in [0, 0.05) is 52.5 Å². The first kappa shape index (κ1) is 32.3. The molecule has 0 saturated heterocycles. The van der Waals surface area contributed by atoms with E-state index in [1.165, 1.54) is 0 Å². The molecular formula is C28H46N10O2. The number of allylic oxidation sites excluding steroid dienone is 1. The van der Waals surface area contributed by atoms with Crippen LogP contribution in [0.25, 0.3) is 0 Å². The van der Waals surface area contributed by atoms with E-state index >= 15 is 0 Å². The van der Waals surface area contributed by atoms with Gasteiger partial charge >= 0.3 is 0 Å². The third kappa shape index (κ3) is 8.78. The largest absolute Gasteiger partial charge is 0.346 e. The van der Waals surface area contributed by atoms with Crippen molar-refractivity contribution in [3.05, 3.63) is 47.2 Å². The molecule has 2 amide bonds. The van der Waals surface area contributed by atoms with Crippen LogP contribution in [0, 0.1) is 13.8 Å². The zero-order chi connectivity index (χ0) is 29.8.